The van der Waals surface area contributed by atoms with Crippen molar-refractivity contribution in [2.75, 3.05) is 5.32 Å². The molecule has 0 saturated carbocycles. The van der Waals surface area contributed by atoms with E-state index in [-0.39, 0.29) is 18.1 Å². The second-order valence-electron chi connectivity index (χ2n) is 5.00. The first-order chi connectivity index (χ1) is 11.1. The van der Waals surface area contributed by atoms with Gasteiger partial charge in [0.15, 0.2) is 0 Å². The number of nitrogens with one attached hydrogen (secondary N) is 1. The minimum absolute atomic E-state index is 0.191. The quantitative estimate of drug-likeness (QED) is 0.792. The van der Waals surface area contributed by atoms with E-state index in [0.29, 0.717) is 5.69 Å². The topological polar surface area (TPSA) is 54.9 Å². The van der Waals surface area contributed by atoms with E-state index < -0.39 is 0 Å². The third-order valence-electron chi connectivity index (χ3n) is 3.25. The van der Waals surface area contributed by atoms with Crippen LogP contribution < -0.4 is 5.32 Å². The van der Waals surface area contributed by atoms with Gasteiger partial charge < -0.3 is 5.32 Å². The van der Waals surface area contributed by atoms with Crippen LogP contribution in [0.4, 0.5) is 10.1 Å². The largest absolute Gasteiger partial charge is 0.326 e. The fourth-order valence-electron chi connectivity index (χ4n) is 2.13. The minimum Gasteiger partial charge on any atom is -0.326 e. The van der Waals surface area contributed by atoms with Gasteiger partial charge in [-0.15, -0.1) is 11.3 Å². The van der Waals surface area contributed by atoms with Crippen LogP contribution in [-0.2, 0) is 11.2 Å². The van der Waals surface area contributed by atoms with Gasteiger partial charge in [0.1, 0.15) is 10.8 Å². The van der Waals surface area contributed by atoms with E-state index in [4.69, 9.17) is 0 Å². The number of carbonyl (C=O) groups is 1. The van der Waals surface area contributed by atoms with Gasteiger partial charge in [-0.2, -0.15) is 0 Å². The number of aromatic nitrogens is 2. The summed E-state index contributed by atoms with van der Waals surface area (Å²) in [5.41, 5.74) is 2.26. The first-order valence-electron chi connectivity index (χ1n) is 7.04. The third kappa shape index (κ3) is 3.78. The average Bonchev–Trinajstić information content (AvgIpc) is 2.89. The van der Waals surface area contributed by atoms with Crippen molar-refractivity contribution >= 4 is 22.9 Å². The van der Waals surface area contributed by atoms with E-state index in [0.717, 1.165) is 21.1 Å². The van der Waals surface area contributed by atoms with E-state index in [1.165, 1.54) is 23.5 Å². The molecule has 0 aliphatic heterocycles. The lowest BCUT2D eigenvalue weighted by Gasteiger charge is -2.04. The lowest BCUT2D eigenvalue weighted by molar-refractivity contribution is -0.115. The molecule has 1 N–H and O–H groups in total. The molecular weight excluding hydrogens is 313 g/mol. The van der Waals surface area contributed by atoms with Crippen LogP contribution >= 0.6 is 11.3 Å². The Hall–Kier alpha value is -2.60. The van der Waals surface area contributed by atoms with Crippen molar-refractivity contribution in [3.05, 3.63) is 65.2 Å². The lowest BCUT2D eigenvalue weighted by Crippen LogP contribution is -2.14. The number of hydrogen-bond donors (Lipinski definition) is 1. The first kappa shape index (κ1) is 15.3. The van der Waals surface area contributed by atoms with Gasteiger partial charge >= 0.3 is 0 Å². The van der Waals surface area contributed by atoms with Crippen molar-refractivity contribution in [2.45, 2.75) is 13.3 Å². The molecule has 1 amide bonds. The number of halogens is 1. The zero-order chi connectivity index (χ0) is 16.2. The zero-order valence-electron chi connectivity index (χ0n) is 12.4. The normalized spacial score (nSPS) is 10.5. The van der Waals surface area contributed by atoms with Crippen LogP contribution in [0.25, 0.3) is 10.6 Å². The molecule has 3 aromatic rings. The number of pyridine rings is 1. The summed E-state index contributed by atoms with van der Waals surface area (Å²) in [7, 11) is 0. The van der Waals surface area contributed by atoms with Crippen LogP contribution in [0.3, 0.4) is 0 Å². The van der Waals surface area contributed by atoms with E-state index in [1.807, 2.05) is 19.1 Å². The average molecular weight is 327 g/mol. The van der Waals surface area contributed by atoms with Gasteiger partial charge in [0.05, 0.1) is 12.1 Å². The minimum atomic E-state index is -0.378. The standard InChI is InChI=1S/C17H14FN3OS/c1-11-15(23-17(20-11)12-5-7-19-8-6-12)10-16(22)21-14-4-2-3-13(18)9-14/h2-9H,10H2,1H3,(H,21,22). The molecule has 0 bridgehead atoms. The van der Waals surface area contributed by atoms with Crippen LogP contribution in [-0.4, -0.2) is 15.9 Å². The highest BCUT2D eigenvalue weighted by molar-refractivity contribution is 7.15. The molecule has 3 rings (SSSR count). The predicted molar refractivity (Wildman–Crippen MR) is 88.8 cm³/mol. The lowest BCUT2D eigenvalue weighted by atomic mass is 10.2. The van der Waals surface area contributed by atoms with Crippen LogP contribution in [0.15, 0.2) is 48.8 Å². The Kier molecular flexibility index (Phi) is 4.43. The SMILES string of the molecule is Cc1nc(-c2ccncc2)sc1CC(=O)Nc1cccc(F)c1. The highest BCUT2D eigenvalue weighted by atomic mass is 32.1. The molecule has 0 aliphatic rings. The monoisotopic (exact) mass is 327 g/mol. The van der Waals surface area contributed by atoms with E-state index in [9.17, 15) is 9.18 Å². The van der Waals surface area contributed by atoms with Crippen LogP contribution in [0.5, 0.6) is 0 Å². The number of carbonyl (C=O) groups excluding carboxylic acids is 1. The van der Waals surface area contributed by atoms with Gasteiger partial charge in [0.2, 0.25) is 5.91 Å². The van der Waals surface area contributed by atoms with Crippen molar-refractivity contribution in [3.63, 3.8) is 0 Å². The molecule has 4 nitrogen and oxygen atoms in total. The highest BCUT2D eigenvalue weighted by Crippen LogP contribution is 2.28. The zero-order valence-corrected chi connectivity index (χ0v) is 13.2. The molecule has 0 saturated heterocycles. The number of amides is 1. The number of nitrogens with zero attached hydrogens (tertiary/aromatic N) is 2. The summed E-state index contributed by atoms with van der Waals surface area (Å²) in [5, 5.41) is 3.56. The Morgan fingerprint density at radius 3 is 2.78 bits per heavy atom. The molecule has 116 valence electrons. The molecule has 0 atom stereocenters. The number of anilines is 1. The van der Waals surface area contributed by atoms with Crippen molar-refractivity contribution in [2.24, 2.45) is 0 Å². The number of thiazole rings is 1. The Morgan fingerprint density at radius 1 is 1.26 bits per heavy atom. The van der Waals surface area contributed by atoms with Gasteiger partial charge in [-0.1, -0.05) is 6.07 Å². The van der Waals surface area contributed by atoms with E-state index in [2.05, 4.69) is 15.3 Å². The molecule has 0 fully saturated rings. The van der Waals surface area contributed by atoms with Gasteiger partial charge in [0, 0.05) is 28.5 Å². The first-order valence-corrected chi connectivity index (χ1v) is 7.85. The molecule has 0 unspecified atom stereocenters. The second kappa shape index (κ2) is 6.66. The summed E-state index contributed by atoms with van der Waals surface area (Å²) in [4.78, 5) is 21.5. The Bertz CT molecular complexity index is 833. The molecular formula is C17H14FN3OS. The highest BCUT2D eigenvalue weighted by Gasteiger charge is 2.13. The summed E-state index contributed by atoms with van der Waals surface area (Å²) in [6, 6.07) is 9.61. The molecule has 6 heteroatoms. The van der Waals surface area contributed by atoms with E-state index in [1.54, 1.807) is 24.5 Å². The second-order valence-corrected chi connectivity index (χ2v) is 6.08. The number of hydrogen-bond acceptors (Lipinski definition) is 4. The number of benzene rings is 1. The molecule has 0 spiro atoms. The van der Waals surface area contributed by atoms with Crippen LogP contribution in [0, 0.1) is 12.7 Å². The summed E-state index contributed by atoms with van der Waals surface area (Å²) < 4.78 is 13.1. The summed E-state index contributed by atoms with van der Waals surface area (Å²) in [5.74, 6) is -0.569. The Labute approximate surface area is 137 Å². The summed E-state index contributed by atoms with van der Waals surface area (Å²) in [6.45, 7) is 1.88. The third-order valence-corrected chi connectivity index (χ3v) is 4.46. The fourth-order valence-corrected chi connectivity index (χ4v) is 3.19. The van der Waals surface area contributed by atoms with Crippen molar-refractivity contribution in [1.29, 1.82) is 0 Å². The molecule has 2 heterocycles. The summed E-state index contributed by atoms with van der Waals surface area (Å²) in [6.07, 6.45) is 3.63. The molecule has 23 heavy (non-hydrogen) atoms. The van der Waals surface area contributed by atoms with Gasteiger partial charge in [-0.3, -0.25) is 9.78 Å². The van der Waals surface area contributed by atoms with Crippen molar-refractivity contribution < 1.29 is 9.18 Å². The summed E-state index contributed by atoms with van der Waals surface area (Å²) >= 11 is 1.48. The van der Waals surface area contributed by atoms with Crippen molar-refractivity contribution in [1.82, 2.24) is 9.97 Å². The molecule has 1 aromatic carbocycles. The predicted octanol–water partition coefficient (Wildman–Crippen LogP) is 3.83. The van der Waals surface area contributed by atoms with Crippen LogP contribution in [0.2, 0.25) is 0 Å². The smallest absolute Gasteiger partial charge is 0.229 e. The van der Waals surface area contributed by atoms with Crippen molar-refractivity contribution in [3.8, 4) is 10.6 Å². The number of aryl methyl sites for hydroxylation is 1. The number of rotatable bonds is 4. The Morgan fingerprint density at radius 2 is 2.04 bits per heavy atom. The van der Waals surface area contributed by atoms with Gasteiger partial charge in [-0.05, 0) is 37.3 Å². The van der Waals surface area contributed by atoms with Gasteiger partial charge in [0.25, 0.3) is 0 Å². The van der Waals surface area contributed by atoms with E-state index >= 15 is 0 Å². The van der Waals surface area contributed by atoms with Crippen LogP contribution in [0.1, 0.15) is 10.6 Å². The maximum Gasteiger partial charge on any atom is 0.229 e. The molecule has 2 aromatic heterocycles. The maximum atomic E-state index is 13.1. The van der Waals surface area contributed by atoms with Gasteiger partial charge in [-0.25, -0.2) is 9.37 Å². The molecule has 0 radical (unpaired) electrons. The Balaban J connectivity index is 1.73. The fraction of sp³-hybridized carbons (Fsp3) is 0.118. The maximum absolute atomic E-state index is 13.1. The molecule has 0 aliphatic carbocycles.